The van der Waals surface area contributed by atoms with Gasteiger partial charge in [0.25, 0.3) is 0 Å². The Bertz CT molecular complexity index is 974. The molecular weight excluding hydrogens is 417 g/mol. The van der Waals surface area contributed by atoms with E-state index in [9.17, 15) is 26.4 Å². The highest BCUT2D eigenvalue weighted by molar-refractivity contribution is 7.92. The maximum atomic E-state index is 13.0. The smallest absolute Gasteiger partial charge is 0.324 e. The standard InChI is InChI=1S/C21H25F3N2O3S/c1-4-5-7-16-10-12-18(13-11-16)25-20(27)15(2)26(30(3,28)29)19-9-6-8-17(14-19)21(22,23)24/h6,8-15H,4-5,7H2,1-3H3,(H,25,27)/t15-/m0/s1. The van der Waals surface area contributed by atoms with Crippen LogP contribution in [0, 0.1) is 0 Å². The molecular formula is C21H25F3N2O3S. The van der Waals surface area contributed by atoms with E-state index < -0.39 is 33.7 Å². The van der Waals surface area contributed by atoms with Crippen LogP contribution in [-0.2, 0) is 27.4 Å². The lowest BCUT2D eigenvalue weighted by Crippen LogP contribution is -2.45. The molecule has 0 spiro atoms. The molecule has 0 aliphatic rings. The Morgan fingerprint density at radius 1 is 1.13 bits per heavy atom. The first-order valence-corrected chi connectivity index (χ1v) is 11.3. The maximum Gasteiger partial charge on any atom is 0.416 e. The normalized spacial score (nSPS) is 13.0. The topological polar surface area (TPSA) is 66.5 Å². The van der Waals surface area contributed by atoms with E-state index in [1.807, 2.05) is 12.1 Å². The molecule has 0 fully saturated rings. The summed E-state index contributed by atoms with van der Waals surface area (Å²) in [6, 6.07) is 9.80. The minimum Gasteiger partial charge on any atom is -0.324 e. The molecule has 0 radical (unpaired) electrons. The van der Waals surface area contributed by atoms with Crippen molar-refractivity contribution in [2.45, 2.75) is 45.3 Å². The lowest BCUT2D eigenvalue weighted by molar-refractivity contribution is -0.137. The minimum absolute atomic E-state index is 0.232. The first kappa shape index (κ1) is 23.7. The SMILES string of the molecule is CCCCc1ccc(NC(=O)[C@H](C)N(c2cccc(C(F)(F)F)c2)S(C)(=O)=O)cc1. The third kappa shape index (κ3) is 6.22. The number of nitrogens with one attached hydrogen (secondary N) is 1. The number of rotatable bonds is 8. The summed E-state index contributed by atoms with van der Waals surface area (Å²) >= 11 is 0. The Labute approximate surface area is 175 Å². The van der Waals surface area contributed by atoms with Crippen LogP contribution >= 0.6 is 0 Å². The average molecular weight is 443 g/mol. The summed E-state index contributed by atoms with van der Waals surface area (Å²) in [4.78, 5) is 12.7. The largest absolute Gasteiger partial charge is 0.416 e. The van der Waals surface area contributed by atoms with E-state index in [1.54, 1.807) is 12.1 Å². The van der Waals surface area contributed by atoms with Gasteiger partial charge in [0, 0.05) is 5.69 Å². The zero-order valence-electron chi connectivity index (χ0n) is 17.0. The Morgan fingerprint density at radius 2 is 1.77 bits per heavy atom. The van der Waals surface area contributed by atoms with Gasteiger partial charge >= 0.3 is 6.18 Å². The molecule has 30 heavy (non-hydrogen) atoms. The van der Waals surface area contributed by atoms with Gasteiger partial charge in [-0.15, -0.1) is 0 Å². The number of benzene rings is 2. The van der Waals surface area contributed by atoms with Crippen LogP contribution in [0.2, 0.25) is 0 Å². The van der Waals surface area contributed by atoms with E-state index in [0.29, 0.717) is 16.1 Å². The van der Waals surface area contributed by atoms with Crippen molar-refractivity contribution in [2.24, 2.45) is 0 Å². The van der Waals surface area contributed by atoms with Gasteiger partial charge in [0.2, 0.25) is 15.9 Å². The number of halogens is 3. The Balaban J connectivity index is 2.25. The number of hydrogen-bond acceptors (Lipinski definition) is 3. The van der Waals surface area contributed by atoms with Crippen molar-refractivity contribution < 1.29 is 26.4 Å². The minimum atomic E-state index is -4.63. The molecule has 1 N–H and O–H groups in total. The van der Waals surface area contributed by atoms with Crippen molar-refractivity contribution in [3.05, 3.63) is 59.7 Å². The molecule has 0 aliphatic heterocycles. The number of alkyl halides is 3. The fourth-order valence-corrected chi connectivity index (χ4v) is 4.18. The summed E-state index contributed by atoms with van der Waals surface area (Å²) < 4.78 is 64.4. The second kappa shape index (κ2) is 9.51. The summed E-state index contributed by atoms with van der Waals surface area (Å²) in [6.45, 7) is 3.42. The molecule has 164 valence electrons. The van der Waals surface area contributed by atoms with Crippen molar-refractivity contribution in [3.63, 3.8) is 0 Å². The van der Waals surface area contributed by atoms with E-state index in [-0.39, 0.29) is 5.69 Å². The number of aryl methyl sites for hydroxylation is 1. The summed E-state index contributed by atoms with van der Waals surface area (Å²) in [5, 5.41) is 2.62. The van der Waals surface area contributed by atoms with Crippen molar-refractivity contribution in [3.8, 4) is 0 Å². The third-order valence-corrected chi connectivity index (χ3v) is 5.80. The molecule has 2 aromatic rings. The molecule has 5 nitrogen and oxygen atoms in total. The zero-order valence-corrected chi connectivity index (χ0v) is 17.8. The van der Waals surface area contributed by atoms with Crippen molar-refractivity contribution in [1.29, 1.82) is 0 Å². The number of amides is 1. The van der Waals surface area contributed by atoms with Gasteiger partial charge in [-0.1, -0.05) is 31.5 Å². The monoisotopic (exact) mass is 442 g/mol. The van der Waals surface area contributed by atoms with Gasteiger partial charge in [-0.3, -0.25) is 9.10 Å². The van der Waals surface area contributed by atoms with Crippen LogP contribution in [-0.4, -0.2) is 26.6 Å². The Hall–Kier alpha value is -2.55. The highest BCUT2D eigenvalue weighted by Crippen LogP contribution is 2.33. The number of anilines is 2. The van der Waals surface area contributed by atoms with Gasteiger partial charge in [0.05, 0.1) is 17.5 Å². The van der Waals surface area contributed by atoms with Crippen LogP contribution in [0.25, 0.3) is 0 Å². The van der Waals surface area contributed by atoms with E-state index >= 15 is 0 Å². The highest BCUT2D eigenvalue weighted by Gasteiger charge is 2.34. The van der Waals surface area contributed by atoms with Gasteiger partial charge in [-0.2, -0.15) is 13.2 Å². The van der Waals surface area contributed by atoms with Crippen LogP contribution in [0.5, 0.6) is 0 Å². The van der Waals surface area contributed by atoms with Crippen LogP contribution in [0.4, 0.5) is 24.5 Å². The van der Waals surface area contributed by atoms with E-state index in [2.05, 4.69) is 12.2 Å². The van der Waals surface area contributed by atoms with Crippen LogP contribution in [0.15, 0.2) is 48.5 Å². The first-order chi connectivity index (χ1) is 13.9. The predicted octanol–water partition coefficient (Wildman–Crippen LogP) is 4.84. The third-order valence-electron chi connectivity index (χ3n) is 4.56. The van der Waals surface area contributed by atoms with Crippen LogP contribution < -0.4 is 9.62 Å². The van der Waals surface area contributed by atoms with E-state index in [1.165, 1.54) is 13.0 Å². The van der Waals surface area contributed by atoms with Gasteiger partial charge in [-0.05, 0) is 55.7 Å². The van der Waals surface area contributed by atoms with Crippen molar-refractivity contribution in [2.75, 3.05) is 15.9 Å². The molecule has 2 aromatic carbocycles. The molecule has 0 saturated carbocycles. The number of sulfonamides is 1. The highest BCUT2D eigenvalue weighted by atomic mass is 32.2. The molecule has 1 atom stereocenters. The molecule has 2 rings (SSSR count). The second-order valence-corrected chi connectivity index (χ2v) is 8.93. The lowest BCUT2D eigenvalue weighted by Gasteiger charge is -2.28. The van der Waals surface area contributed by atoms with Gasteiger partial charge in [-0.25, -0.2) is 8.42 Å². The van der Waals surface area contributed by atoms with Crippen LogP contribution in [0.3, 0.4) is 0 Å². The number of nitrogens with zero attached hydrogens (tertiary/aromatic N) is 1. The summed E-state index contributed by atoms with van der Waals surface area (Å²) in [5.74, 6) is -0.654. The van der Waals surface area contributed by atoms with Crippen molar-refractivity contribution >= 4 is 27.3 Å². The van der Waals surface area contributed by atoms with Crippen LogP contribution in [0.1, 0.15) is 37.8 Å². The quantitative estimate of drug-likeness (QED) is 0.636. The number of unbranched alkanes of at least 4 members (excludes halogenated alkanes) is 1. The molecule has 0 aromatic heterocycles. The average Bonchev–Trinajstić information content (AvgIpc) is 2.66. The first-order valence-electron chi connectivity index (χ1n) is 9.50. The van der Waals surface area contributed by atoms with Gasteiger partial charge < -0.3 is 5.32 Å². The number of carbonyl (C=O) groups is 1. The molecule has 0 saturated heterocycles. The molecule has 9 heteroatoms. The number of hydrogen-bond donors (Lipinski definition) is 1. The summed E-state index contributed by atoms with van der Waals surface area (Å²) in [7, 11) is -4.03. The molecule has 0 unspecified atom stereocenters. The number of carbonyl (C=O) groups excluding carboxylic acids is 1. The zero-order chi connectivity index (χ0) is 22.5. The van der Waals surface area contributed by atoms with Gasteiger partial charge in [0.15, 0.2) is 0 Å². The summed E-state index contributed by atoms with van der Waals surface area (Å²) in [6.07, 6.45) is -0.766. The van der Waals surface area contributed by atoms with E-state index in [4.69, 9.17) is 0 Å². The van der Waals surface area contributed by atoms with Gasteiger partial charge in [0.1, 0.15) is 6.04 Å². The van der Waals surface area contributed by atoms with Crippen molar-refractivity contribution in [1.82, 2.24) is 0 Å². The maximum absolute atomic E-state index is 13.0. The Morgan fingerprint density at radius 3 is 2.30 bits per heavy atom. The van der Waals surface area contributed by atoms with E-state index in [0.717, 1.165) is 43.2 Å². The fraction of sp³-hybridized carbons (Fsp3) is 0.381. The molecule has 0 heterocycles. The predicted molar refractivity (Wildman–Crippen MR) is 112 cm³/mol. The molecule has 1 amide bonds. The molecule has 0 bridgehead atoms. The fourth-order valence-electron chi connectivity index (χ4n) is 3.01. The Kier molecular flexibility index (Phi) is 7.52. The summed E-state index contributed by atoms with van der Waals surface area (Å²) in [5.41, 5.74) is 0.364. The second-order valence-electron chi connectivity index (χ2n) is 7.07. The molecule has 0 aliphatic carbocycles. The lowest BCUT2D eigenvalue weighted by atomic mass is 10.1.